The van der Waals surface area contributed by atoms with E-state index in [4.69, 9.17) is 10.2 Å². The molecule has 1 aromatic carbocycles. The topological polar surface area (TPSA) is 74.6 Å². The normalized spacial score (nSPS) is 8.62. The van der Waals surface area contributed by atoms with E-state index in [1.54, 1.807) is 0 Å². The van der Waals surface area contributed by atoms with Crippen LogP contribution in [-0.2, 0) is 4.79 Å². The second-order valence-corrected chi connectivity index (χ2v) is 2.18. The molecule has 1 radical (unpaired) electrons. The fourth-order valence-electron chi connectivity index (χ4n) is 0.736. The van der Waals surface area contributed by atoms with E-state index in [1.807, 2.05) is 0 Å². The number of phenolic OH excluding ortho intramolecular Hbond substituents is 1. The molecule has 13 heavy (non-hydrogen) atoms. The molecule has 63 valence electrons. The van der Waals surface area contributed by atoms with Crippen LogP contribution in [0.4, 0.5) is 0 Å². The van der Waals surface area contributed by atoms with Crippen LogP contribution in [0.25, 0.3) is 0 Å². The zero-order chi connectivity index (χ0) is 9.14. The van der Waals surface area contributed by atoms with Gasteiger partial charge in [0, 0.05) is 35.1 Å². The molecule has 0 saturated heterocycles. The van der Waals surface area contributed by atoms with Crippen LogP contribution in [0.2, 0.25) is 0 Å². The number of hydrogen-bond donors (Lipinski definition) is 2. The summed E-state index contributed by atoms with van der Waals surface area (Å²) in [6.07, 6.45) is 0. The van der Waals surface area contributed by atoms with Crippen molar-refractivity contribution in [1.29, 1.82) is 0 Å². The number of phenols is 1. The van der Waals surface area contributed by atoms with Crippen molar-refractivity contribution in [2.24, 2.45) is 0 Å². The number of aliphatic carboxylic acids is 1. The van der Waals surface area contributed by atoms with E-state index in [-0.39, 0.29) is 40.9 Å². The third kappa shape index (κ3) is 3.18. The van der Waals surface area contributed by atoms with Crippen LogP contribution < -0.4 is 0 Å². The van der Waals surface area contributed by atoms with Gasteiger partial charge in [-0.15, -0.1) is 0 Å². The number of hydrogen-bond acceptors (Lipinski definition) is 3. The van der Waals surface area contributed by atoms with Crippen LogP contribution in [0, 0.1) is 0 Å². The molecule has 0 bridgehead atoms. The molecule has 1 aromatic rings. The minimum atomic E-state index is -1.50. The van der Waals surface area contributed by atoms with E-state index < -0.39 is 11.8 Å². The zero-order valence-corrected chi connectivity index (χ0v) is 9.02. The zero-order valence-electron chi connectivity index (χ0n) is 7.02. The second kappa shape index (κ2) is 5.01. The van der Waals surface area contributed by atoms with E-state index in [1.165, 1.54) is 24.3 Å². The third-order valence-electron chi connectivity index (χ3n) is 1.32. The monoisotopic (exact) mass is 189 g/mol. The summed E-state index contributed by atoms with van der Waals surface area (Å²) < 4.78 is 0. The molecule has 0 aromatic heterocycles. The minimum absolute atomic E-state index is 0. The van der Waals surface area contributed by atoms with Crippen LogP contribution in [-0.4, -0.2) is 51.5 Å². The number of carboxylic acids is 1. The molecule has 0 heterocycles. The number of aromatic hydroxyl groups is 1. The Bertz CT molecular complexity index is 317. The Labute approximate surface area is 96.5 Å². The van der Waals surface area contributed by atoms with Gasteiger partial charge in [0.25, 0.3) is 5.78 Å². The van der Waals surface area contributed by atoms with Crippen LogP contribution in [0.15, 0.2) is 24.3 Å². The SMILES string of the molecule is O=C(O)C(=O)c1ccc(O)cc1.[Na]. The molecule has 0 aliphatic carbocycles. The van der Waals surface area contributed by atoms with Crippen molar-refractivity contribution in [3.63, 3.8) is 0 Å². The summed E-state index contributed by atoms with van der Waals surface area (Å²) in [6.45, 7) is 0. The predicted molar refractivity (Wildman–Crippen MR) is 45.8 cm³/mol. The summed E-state index contributed by atoms with van der Waals surface area (Å²) in [4.78, 5) is 20.9. The Morgan fingerprint density at radius 3 is 1.92 bits per heavy atom. The molecule has 0 saturated carbocycles. The Morgan fingerprint density at radius 2 is 1.54 bits per heavy atom. The van der Waals surface area contributed by atoms with E-state index >= 15 is 0 Å². The van der Waals surface area contributed by atoms with Crippen molar-refractivity contribution >= 4 is 41.3 Å². The molecule has 0 aliphatic rings. The van der Waals surface area contributed by atoms with E-state index in [0.717, 1.165) is 0 Å². The maximum Gasteiger partial charge on any atom is 0.377 e. The molecule has 4 nitrogen and oxygen atoms in total. The fourth-order valence-corrected chi connectivity index (χ4v) is 0.736. The Balaban J connectivity index is 0.00000144. The third-order valence-corrected chi connectivity index (χ3v) is 1.32. The van der Waals surface area contributed by atoms with Gasteiger partial charge in [-0.1, -0.05) is 0 Å². The van der Waals surface area contributed by atoms with Crippen molar-refractivity contribution in [2.45, 2.75) is 0 Å². The number of Topliss-reactive ketones (excluding diaryl/α,β-unsaturated/α-hetero) is 1. The summed E-state index contributed by atoms with van der Waals surface area (Å²) in [5.74, 6) is -2.48. The molecule has 2 N–H and O–H groups in total. The first-order valence-corrected chi connectivity index (χ1v) is 3.18. The summed E-state index contributed by atoms with van der Waals surface area (Å²) in [7, 11) is 0. The number of carbonyl (C=O) groups excluding carboxylic acids is 1. The molecule has 0 amide bonds. The molecular weight excluding hydrogens is 183 g/mol. The average Bonchev–Trinajstić information content (AvgIpc) is 2.04. The van der Waals surface area contributed by atoms with Gasteiger partial charge >= 0.3 is 5.97 Å². The van der Waals surface area contributed by atoms with Gasteiger partial charge in [0.15, 0.2) is 0 Å². The van der Waals surface area contributed by atoms with Crippen molar-refractivity contribution in [1.82, 2.24) is 0 Å². The van der Waals surface area contributed by atoms with E-state index in [2.05, 4.69) is 0 Å². The number of carbonyl (C=O) groups is 2. The molecule has 0 fully saturated rings. The van der Waals surface area contributed by atoms with Crippen molar-refractivity contribution in [2.75, 3.05) is 0 Å². The smallest absolute Gasteiger partial charge is 0.377 e. The van der Waals surface area contributed by atoms with E-state index in [0.29, 0.717) is 0 Å². The standard InChI is InChI=1S/C8H6O4.Na/c9-6-3-1-5(2-4-6)7(10)8(11)12;/h1-4,9H,(H,11,12);. The quantitative estimate of drug-likeness (QED) is 0.398. The number of rotatable bonds is 2. The van der Waals surface area contributed by atoms with Gasteiger partial charge in [-0.2, -0.15) is 0 Å². The predicted octanol–water partition coefficient (Wildman–Crippen LogP) is 0.279. The van der Waals surface area contributed by atoms with Gasteiger partial charge in [0.1, 0.15) is 5.75 Å². The first-order valence-electron chi connectivity index (χ1n) is 3.18. The number of carboxylic acid groups (broad SMARTS) is 1. The molecule has 0 spiro atoms. The maximum atomic E-state index is 10.8. The minimum Gasteiger partial charge on any atom is -0.508 e. The first kappa shape index (κ1) is 12.2. The van der Waals surface area contributed by atoms with Crippen molar-refractivity contribution in [3.05, 3.63) is 29.8 Å². The maximum absolute atomic E-state index is 10.8. The Morgan fingerprint density at radius 1 is 1.08 bits per heavy atom. The van der Waals surface area contributed by atoms with E-state index in [9.17, 15) is 9.59 Å². The van der Waals surface area contributed by atoms with Crippen molar-refractivity contribution < 1.29 is 19.8 Å². The summed E-state index contributed by atoms with van der Waals surface area (Å²) in [5.41, 5.74) is 0.0558. The summed E-state index contributed by atoms with van der Waals surface area (Å²) in [6, 6.07) is 5.03. The fraction of sp³-hybridized carbons (Fsp3) is 0. The molecule has 0 aliphatic heterocycles. The van der Waals surface area contributed by atoms with Crippen LogP contribution in [0.5, 0.6) is 5.75 Å². The second-order valence-electron chi connectivity index (χ2n) is 2.18. The average molecular weight is 189 g/mol. The molecule has 5 heteroatoms. The molecular formula is C8H6NaO4. The van der Waals surface area contributed by atoms with Crippen LogP contribution in [0.3, 0.4) is 0 Å². The Kier molecular flexibility index (Phi) is 4.69. The largest absolute Gasteiger partial charge is 0.508 e. The van der Waals surface area contributed by atoms with Crippen LogP contribution >= 0.6 is 0 Å². The molecule has 0 unspecified atom stereocenters. The van der Waals surface area contributed by atoms with Gasteiger partial charge in [-0.3, -0.25) is 4.79 Å². The molecule has 0 atom stereocenters. The van der Waals surface area contributed by atoms with Crippen molar-refractivity contribution in [3.8, 4) is 5.75 Å². The van der Waals surface area contributed by atoms with Gasteiger partial charge in [0.05, 0.1) is 0 Å². The summed E-state index contributed by atoms with van der Waals surface area (Å²) >= 11 is 0. The van der Waals surface area contributed by atoms with Gasteiger partial charge in [-0.05, 0) is 24.3 Å². The van der Waals surface area contributed by atoms with Crippen LogP contribution in [0.1, 0.15) is 10.4 Å². The molecule has 1 rings (SSSR count). The van der Waals surface area contributed by atoms with Gasteiger partial charge in [-0.25, -0.2) is 4.79 Å². The van der Waals surface area contributed by atoms with Gasteiger partial charge < -0.3 is 10.2 Å². The first-order chi connectivity index (χ1) is 5.61. The Hall–Kier alpha value is -0.840. The number of ketones is 1. The van der Waals surface area contributed by atoms with Gasteiger partial charge in [0.2, 0.25) is 0 Å². The number of benzene rings is 1. The summed E-state index contributed by atoms with van der Waals surface area (Å²) in [5, 5.41) is 17.1.